The molecule has 0 aliphatic rings. The Labute approximate surface area is 169 Å². The number of carbonyl (C=O) groups excluding carboxylic acids is 1. The topological polar surface area (TPSA) is 99.2 Å². The molecule has 3 aromatic heterocycles. The van der Waals surface area contributed by atoms with Crippen LogP contribution < -0.4 is 15.6 Å². The number of rotatable bonds is 4. The third-order valence-electron chi connectivity index (χ3n) is 4.89. The van der Waals surface area contributed by atoms with Crippen molar-refractivity contribution < 1.29 is 13.9 Å². The number of anilines is 1. The number of methoxy groups -OCH3 is 1. The number of pyridine rings is 1. The first-order valence-corrected chi connectivity index (χ1v) is 9.24. The van der Waals surface area contributed by atoms with Crippen molar-refractivity contribution in [2.45, 2.75) is 6.54 Å². The van der Waals surface area contributed by atoms with Crippen LogP contribution in [0.2, 0.25) is 0 Å². The highest BCUT2D eigenvalue weighted by Crippen LogP contribution is 2.29. The molecule has 5 aromatic rings. The van der Waals surface area contributed by atoms with Crippen LogP contribution in [0.5, 0.6) is 5.75 Å². The predicted octanol–water partition coefficient (Wildman–Crippen LogP) is 3.34. The second-order valence-corrected chi connectivity index (χ2v) is 6.72. The number of hydrogen-bond acceptors (Lipinski definition) is 6. The van der Waals surface area contributed by atoms with Crippen molar-refractivity contribution in [3.8, 4) is 5.75 Å². The minimum atomic E-state index is -0.410. The monoisotopic (exact) mass is 400 g/mol. The first-order valence-electron chi connectivity index (χ1n) is 9.24. The minimum absolute atomic E-state index is 0.130. The Morgan fingerprint density at radius 2 is 1.90 bits per heavy atom. The number of nitrogens with zero attached hydrogens (tertiary/aromatic N) is 3. The second-order valence-electron chi connectivity index (χ2n) is 6.72. The van der Waals surface area contributed by atoms with Gasteiger partial charge in [-0.2, -0.15) is 0 Å². The molecule has 0 saturated carbocycles. The molecule has 2 aromatic carbocycles. The molecular weight excluding hydrogens is 384 g/mol. The summed E-state index contributed by atoms with van der Waals surface area (Å²) in [4.78, 5) is 34.1. The lowest BCUT2D eigenvalue weighted by atomic mass is 10.1. The number of carbonyl (C=O) groups is 1. The molecule has 0 radical (unpaired) electrons. The van der Waals surface area contributed by atoms with Crippen LogP contribution in [0.1, 0.15) is 0 Å². The molecule has 8 heteroatoms. The molecule has 3 heterocycles. The van der Waals surface area contributed by atoms with Crippen LogP contribution in [0.25, 0.3) is 33.0 Å². The number of benzene rings is 2. The maximum atomic E-state index is 12.8. The van der Waals surface area contributed by atoms with Crippen molar-refractivity contribution in [3.63, 3.8) is 0 Å². The summed E-state index contributed by atoms with van der Waals surface area (Å²) < 4.78 is 12.2. The summed E-state index contributed by atoms with van der Waals surface area (Å²) in [7, 11) is 1.56. The van der Waals surface area contributed by atoms with Crippen molar-refractivity contribution in [2.24, 2.45) is 0 Å². The molecule has 1 N–H and O–H groups in total. The van der Waals surface area contributed by atoms with Gasteiger partial charge in [-0.25, -0.2) is 4.98 Å². The smallest absolute Gasteiger partial charge is 0.297 e. The summed E-state index contributed by atoms with van der Waals surface area (Å²) >= 11 is 0. The van der Waals surface area contributed by atoms with E-state index in [0.29, 0.717) is 28.1 Å². The van der Waals surface area contributed by atoms with Crippen LogP contribution in [-0.2, 0) is 11.3 Å². The fourth-order valence-electron chi connectivity index (χ4n) is 3.49. The molecular formula is C22H16N4O4. The molecule has 1 amide bonds. The molecule has 0 atom stereocenters. The Bertz CT molecular complexity index is 1490. The van der Waals surface area contributed by atoms with Crippen molar-refractivity contribution in [2.75, 3.05) is 12.4 Å². The van der Waals surface area contributed by atoms with E-state index < -0.39 is 5.56 Å². The molecule has 0 bridgehead atoms. The molecule has 148 valence electrons. The van der Waals surface area contributed by atoms with Gasteiger partial charge in [0.25, 0.3) is 5.56 Å². The van der Waals surface area contributed by atoms with Crippen LogP contribution in [0, 0.1) is 0 Å². The third-order valence-corrected chi connectivity index (χ3v) is 4.89. The zero-order valence-corrected chi connectivity index (χ0v) is 16.0. The number of para-hydroxylation sites is 1. The van der Waals surface area contributed by atoms with Crippen molar-refractivity contribution in [1.82, 2.24) is 14.5 Å². The third kappa shape index (κ3) is 2.86. The lowest BCUT2D eigenvalue weighted by Gasteiger charge is -2.11. The van der Waals surface area contributed by atoms with Crippen LogP contribution in [0.4, 0.5) is 5.69 Å². The lowest BCUT2D eigenvalue weighted by Crippen LogP contribution is -2.27. The van der Waals surface area contributed by atoms with E-state index in [-0.39, 0.29) is 18.0 Å². The highest BCUT2D eigenvalue weighted by molar-refractivity contribution is 6.03. The summed E-state index contributed by atoms with van der Waals surface area (Å²) in [6.45, 7) is -0.202. The van der Waals surface area contributed by atoms with Crippen LogP contribution in [-0.4, -0.2) is 27.6 Å². The van der Waals surface area contributed by atoms with E-state index in [0.717, 1.165) is 10.8 Å². The molecule has 0 spiro atoms. The number of fused-ring (bicyclic) bond motifs is 4. The fourth-order valence-corrected chi connectivity index (χ4v) is 3.49. The number of furan rings is 1. The highest BCUT2D eigenvalue weighted by atomic mass is 16.5. The molecule has 30 heavy (non-hydrogen) atoms. The number of amides is 1. The first-order chi connectivity index (χ1) is 14.7. The molecule has 5 rings (SSSR count). The zero-order valence-electron chi connectivity index (χ0n) is 16.0. The number of aromatic nitrogens is 3. The largest absolute Gasteiger partial charge is 0.494 e. The Hall–Kier alpha value is -4.20. The number of hydrogen-bond donors (Lipinski definition) is 1. The second kappa shape index (κ2) is 7.00. The van der Waals surface area contributed by atoms with E-state index in [1.54, 1.807) is 37.6 Å². The minimum Gasteiger partial charge on any atom is -0.494 e. The van der Waals surface area contributed by atoms with E-state index >= 15 is 0 Å². The van der Waals surface area contributed by atoms with Gasteiger partial charge in [-0.05, 0) is 36.4 Å². The Morgan fingerprint density at radius 3 is 2.77 bits per heavy atom. The summed E-state index contributed by atoms with van der Waals surface area (Å²) in [6, 6.07) is 14.4. The van der Waals surface area contributed by atoms with E-state index in [1.165, 1.54) is 10.9 Å². The molecule has 8 nitrogen and oxygen atoms in total. The average molecular weight is 400 g/mol. The predicted molar refractivity (Wildman–Crippen MR) is 113 cm³/mol. The molecule has 0 saturated heterocycles. The van der Waals surface area contributed by atoms with Gasteiger partial charge in [0.2, 0.25) is 11.5 Å². The highest BCUT2D eigenvalue weighted by Gasteiger charge is 2.15. The maximum Gasteiger partial charge on any atom is 0.297 e. The fraction of sp³-hybridized carbons (Fsp3) is 0.0909. The zero-order chi connectivity index (χ0) is 20.7. The Balaban J connectivity index is 1.47. The number of nitrogens with one attached hydrogen (secondary N) is 1. The normalized spacial score (nSPS) is 11.2. The summed E-state index contributed by atoms with van der Waals surface area (Å²) in [5.41, 5.74) is 2.00. The Kier molecular flexibility index (Phi) is 4.17. The van der Waals surface area contributed by atoms with Gasteiger partial charge in [-0.3, -0.25) is 19.1 Å². The van der Waals surface area contributed by atoms with Gasteiger partial charge in [0.1, 0.15) is 28.9 Å². The Morgan fingerprint density at radius 1 is 1.07 bits per heavy atom. The van der Waals surface area contributed by atoms with Gasteiger partial charge in [-0.15, -0.1) is 0 Å². The summed E-state index contributed by atoms with van der Waals surface area (Å²) in [5, 5.41) is 4.34. The summed E-state index contributed by atoms with van der Waals surface area (Å²) in [6.07, 6.45) is 3.02. The van der Waals surface area contributed by atoms with Gasteiger partial charge in [-0.1, -0.05) is 12.1 Å². The van der Waals surface area contributed by atoms with Crippen LogP contribution >= 0.6 is 0 Å². The van der Waals surface area contributed by atoms with Crippen molar-refractivity contribution in [1.29, 1.82) is 0 Å². The average Bonchev–Trinajstić information content (AvgIpc) is 3.15. The van der Waals surface area contributed by atoms with E-state index in [2.05, 4.69) is 15.3 Å². The SMILES string of the molecule is COc1ccc(NC(=O)Cn2cnc3c(oc4ccccc43)c2=O)c2cccnc12. The van der Waals surface area contributed by atoms with Gasteiger partial charge < -0.3 is 14.5 Å². The first kappa shape index (κ1) is 17.9. The lowest BCUT2D eigenvalue weighted by molar-refractivity contribution is -0.116. The van der Waals surface area contributed by atoms with Crippen molar-refractivity contribution >= 4 is 44.6 Å². The quantitative estimate of drug-likeness (QED) is 0.497. The summed E-state index contributed by atoms with van der Waals surface area (Å²) in [5.74, 6) is 0.240. The molecule has 0 unspecified atom stereocenters. The molecule has 0 fully saturated rings. The standard InChI is InChI=1S/C22H16N4O4/c1-29-17-9-8-15(13-6-4-10-23-19(13)17)25-18(27)11-26-12-24-20-14-5-2-3-7-16(14)30-21(20)22(26)28/h2-10,12H,11H2,1H3,(H,25,27). The van der Waals surface area contributed by atoms with Crippen LogP contribution in [0.3, 0.4) is 0 Å². The van der Waals surface area contributed by atoms with Gasteiger partial charge in [0.05, 0.1) is 19.1 Å². The van der Waals surface area contributed by atoms with E-state index in [4.69, 9.17) is 9.15 Å². The molecule has 0 aliphatic heterocycles. The van der Waals surface area contributed by atoms with Crippen LogP contribution in [0.15, 0.2) is 70.3 Å². The molecule has 0 aliphatic carbocycles. The van der Waals surface area contributed by atoms with Gasteiger partial charge in [0.15, 0.2) is 0 Å². The maximum absolute atomic E-state index is 12.8. The van der Waals surface area contributed by atoms with E-state index in [9.17, 15) is 9.59 Å². The number of ether oxygens (including phenoxy) is 1. The van der Waals surface area contributed by atoms with Gasteiger partial charge >= 0.3 is 0 Å². The van der Waals surface area contributed by atoms with Gasteiger partial charge in [0, 0.05) is 17.0 Å². The van der Waals surface area contributed by atoms with Crippen molar-refractivity contribution in [3.05, 3.63) is 71.4 Å². The van der Waals surface area contributed by atoms with E-state index in [1.807, 2.05) is 24.3 Å².